The fraction of sp³-hybridized carbons (Fsp3) is 0.676. The predicted octanol–water partition coefficient (Wildman–Crippen LogP) is 12.3. The van der Waals surface area contributed by atoms with Crippen molar-refractivity contribution in [3.05, 3.63) is 54.1 Å². The summed E-state index contributed by atoms with van der Waals surface area (Å²) in [4.78, 5) is 0. The molecule has 0 unspecified atom stereocenters. The highest BCUT2D eigenvalue weighted by Crippen LogP contribution is 2.38. The van der Waals surface area contributed by atoms with Crippen molar-refractivity contribution >= 4 is 0 Å². The summed E-state index contributed by atoms with van der Waals surface area (Å²) in [5.41, 5.74) is 4.14. The molecule has 0 amide bonds. The van der Waals surface area contributed by atoms with E-state index in [-0.39, 0.29) is 0 Å². The van der Waals surface area contributed by atoms with Crippen LogP contribution in [0.5, 0.6) is 5.75 Å². The van der Waals surface area contributed by atoms with Gasteiger partial charge in [0.1, 0.15) is 5.75 Å². The molecule has 0 N–H and O–H groups in total. The third-order valence-electron chi connectivity index (χ3n) is 8.88. The third kappa shape index (κ3) is 12.0. The standard InChI is InChI=1S/C37H58O/c1-3-5-6-7-8-9-10-11-12-13-14-15-16-17-31-38-37-29-27-36(28-30-37)35-25-23-34(24-26-35)33-21-19-32(18-4-2)20-22-33/h23-30,32-33H,3-22,31H2,1-2H3. The van der Waals surface area contributed by atoms with E-state index in [0.717, 1.165) is 24.2 Å². The highest BCUT2D eigenvalue weighted by Gasteiger charge is 2.21. The lowest BCUT2D eigenvalue weighted by Crippen LogP contribution is -2.13. The smallest absolute Gasteiger partial charge is 0.119 e. The molecule has 1 nitrogen and oxygen atoms in total. The second-order valence-electron chi connectivity index (χ2n) is 12.1. The van der Waals surface area contributed by atoms with Gasteiger partial charge in [0.05, 0.1) is 6.61 Å². The monoisotopic (exact) mass is 518 g/mol. The molecule has 0 bridgehead atoms. The highest BCUT2D eigenvalue weighted by molar-refractivity contribution is 5.64. The fourth-order valence-electron chi connectivity index (χ4n) is 6.37. The van der Waals surface area contributed by atoms with Crippen LogP contribution in [0.3, 0.4) is 0 Å². The van der Waals surface area contributed by atoms with Gasteiger partial charge in [-0.05, 0) is 72.8 Å². The Balaban J connectivity index is 1.21. The maximum Gasteiger partial charge on any atom is 0.119 e. The van der Waals surface area contributed by atoms with Crippen molar-refractivity contribution in [1.82, 2.24) is 0 Å². The van der Waals surface area contributed by atoms with Crippen molar-refractivity contribution in [2.45, 2.75) is 148 Å². The van der Waals surface area contributed by atoms with E-state index in [9.17, 15) is 0 Å². The summed E-state index contributed by atoms with van der Waals surface area (Å²) in [6, 6.07) is 18.1. The van der Waals surface area contributed by atoms with Crippen LogP contribution in [0.4, 0.5) is 0 Å². The second kappa shape index (κ2) is 19.3. The Bertz CT molecular complexity index is 813. The van der Waals surface area contributed by atoms with Crippen LogP contribution in [0.15, 0.2) is 48.5 Å². The Morgan fingerprint density at radius 3 is 1.50 bits per heavy atom. The summed E-state index contributed by atoms with van der Waals surface area (Å²) in [7, 11) is 0. The fourth-order valence-corrected chi connectivity index (χ4v) is 6.37. The second-order valence-corrected chi connectivity index (χ2v) is 12.1. The first kappa shape index (κ1) is 30.8. The van der Waals surface area contributed by atoms with Crippen molar-refractivity contribution < 1.29 is 4.74 Å². The first-order valence-electron chi connectivity index (χ1n) is 16.6. The van der Waals surface area contributed by atoms with Crippen LogP contribution in [0.25, 0.3) is 11.1 Å². The lowest BCUT2D eigenvalue weighted by atomic mass is 9.77. The molecule has 1 heteroatoms. The van der Waals surface area contributed by atoms with Gasteiger partial charge < -0.3 is 4.74 Å². The lowest BCUT2D eigenvalue weighted by molar-refractivity contribution is 0.304. The summed E-state index contributed by atoms with van der Waals surface area (Å²) < 4.78 is 6.03. The van der Waals surface area contributed by atoms with Crippen molar-refractivity contribution in [3.8, 4) is 16.9 Å². The number of ether oxygens (including phenoxy) is 1. The Morgan fingerprint density at radius 1 is 0.526 bits per heavy atom. The van der Waals surface area contributed by atoms with Gasteiger partial charge in [0.15, 0.2) is 0 Å². The average molecular weight is 519 g/mol. The van der Waals surface area contributed by atoms with E-state index in [1.165, 1.54) is 145 Å². The Hall–Kier alpha value is -1.76. The number of benzene rings is 2. The molecule has 2 aromatic carbocycles. The lowest BCUT2D eigenvalue weighted by Gasteiger charge is -2.28. The summed E-state index contributed by atoms with van der Waals surface area (Å²) >= 11 is 0. The van der Waals surface area contributed by atoms with E-state index >= 15 is 0 Å². The number of unbranched alkanes of at least 4 members (excludes halogenated alkanes) is 13. The Morgan fingerprint density at radius 2 is 1.00 bits per heavy atom. The van der Waals surface area contributed by atoms with Crippen LogP contribution in [0, 0.1) is 5.92 Å². The molecule has 0 heterocycles. The van der Waals surface area contributed by atoms with Crippen molar-refractivity contribution in [1.29, 1.82) is 0 Å². The first-order valence-corrected chi connectivity index (χ1v) is 16.6. The van der Waals surface area contributed by atoms with Gasteiger partial charge in [-0.15, -0.1) is 0 Å². The van der Waals surface area contributed by atoms with Crippen LogP contribution in [-0.4, -0.2) is 6.61 Å². The van der Waals surface area contributed by atoms with Crippen molar-refractivity contribution in [3.63, 3.8) is 0 Å². The molecule has 3 rings (SSSR count). The molecule has 0 spiro atoms. The van der Waals surface area contributed by atoms with Gasteiger partial charge in [-0.25, -0.2) is 0 Å². The van der Waals surface area contributed by atoms with Gasteiger partial charge in [-0.3, -0.25) is 0 Å². The zero-order valence-electron chi connectivity index (χ0n) is 25.0. The zero-order valence-corrected chi connectivity index (χ0v) is 25.0. The third-order valence-corrected chi connectivity index (χ3v) is 8.88. The molecule has 212 valence electrons. The molecule has 0 atom stereocenters. The van der Waals surface area contributed by atoms with E-state index in [2.05, 4.69) is 62.4 Å². The Labute approximate surface area is 236 Å². The quantitative estimate of drug-likeness (QED) is 0.158. The normalized spacial score (nSPS) is 17.5. The summed E-state index contributed by atoms with van der Waals surface area (Å²) in [5, 5.41) is 0. The Kier molecular flexibility index (Phi) is 15.6. The van der Waals surface area contributed by atoms with Gasteiger partial charge in [0.2, 0.25) is 0 Å². The van der Waals surface area contributed by atoms with Crippen LogP contribution in [0.1, 0.15) is 154 Å². The van der Waals surface area contributed by atoms with Gasteiger partial charge in [0.25, 0.3) is 0 Å². The summed E-state index contributed by atoms with van der Waals surface area (Å²) in [6.07, 6.45) is 27.9. The maximum atomic E-state index is 6.03. The highest BCUT2D eigenvalue weighted by atomic mass is 16.5. The number of hydrogen-bond acceptors (Lipinski definition) is 1. The molecule has 0 saturated heterocycles. The summed E-state index contributed by atoms with van der Waals surface area (Å²) in [5.74, 6) is 2.75. The van der Waals surface area contributed by atoms with E-state index in [0.29, 0.717) is 0 Å². The molecule has 1 aliphatic rings. The SMILES string of the molecule is CCCCCCCCCCCCCCCCOc1ccc(-c2ccc(C3CCC(CCC)CC3)cc2)cc1. The van der Waals surface area contributed by atoms with Crippen molar-refractivity contribution in [2.24, 2.45) is 5.92 Å². The van der Waals surface area contributed by atoms with E-state index in [4.69, 9.17) is 4.74 Å². The average Bonchev–Trinajstić information content (AvgIpc) is 2.96. The van der Waals surface area contributed by atoms with E-state index in [1.807, 2.05) is 0 Å². The maximum absolute atomic E-state index is 6.03. The minimum Gasteiger partial charge on any atom is -0.494 e. The topological polar surface area (TPSA) is 9.23 Å². The van der Waals surface area contributed by atoms with E-state index < -0.39 is 0 Å². The molecule has 1 saturated carbocycles. The van der Waals surface area contributed by atoms with Gasteiger partial charge in [-0.2, -0.15) is 0 Å². The van der Waals surface area contributed by atoms with Gasteiger partial charge >= 0.3 is 0 Å². The molecule has 0 aromatic heterocycles. The molecule has 1 fully saturated rings. The van der Waals surface area contributed by atoms with Crippen LogP contribution >= 0.6 is 0 Å². The molecule has 38 heavy (non-hydrogen) atoms. The van der Waals surface area contributed by atoms with Gasteiger partial charge in [-0.1, -0.05) is 147 Å². The van der Waals surface area contributed by atoms with Gasteiger partial charge in [0, 0.05) is 0 Å². The molecule has 2 aromatic rings. The molecular formula is C37H58O. The zero-order chi connectivity index (χ0) is 26.7. The van der Waals surface area contributed by atoms with E-state index in [1.54, 1.807) is 0 Å². The minimum absolute atomic E-state index is 0.767. The van der Waals surface area contributed by atoms with Crippen molar-refractivity contribution in [2.75, 3.05) is 6.61 Å². The minimum atomic E-state index is 0.767. The molecular weight excluding hydrogens is 460 g/mol. The summed E-state index contributed by atoms with van der Waals surface area (Å²) in [6.45, 7) is 5.46. The number of rotatable bonds is 20. The predicted molar refractivity (Wildman–Crippen MR) is 167 cm³/mol. The molecule has 0 aliphatic heterocycles. The van der Waals surface area contributed by atoms with Crippen LogP contribution in [-0.2, 0) is 0 Å². The first-order chi connectivity index (χ1) is 18.8. The largest absolute Gasteiger partial charge is 0.494 e. The molecule has 0 radical (unpaired) electrons. The van der Waals surface area contributed by atoms with Crippen LogP contribution < -0.4 is 4.74 Å². The molecule has 1 aliphatic carbocycles. The number of hydrogen-bond donors (Lipinski definition) is 0. The van der Waals surface area contributed by atoms with Crippen LogP contribution in [0.2, 0.25) is 0 Å².